The van der Waals surface area contributed by atoms with Crippen LogP contribution in [0.2, 0.25) is 5.02 Å². The van der Waals surface area contributed by atoms with Crippen LogP contribution in [-0.2, 0) is 4.79 Å². The maximum Gasteiger partial charge on any atom is 0.306 e. The Labute approximate surface area is 131 Å². The summed E-state index contributed by atoms with van der Waals surface area (Å²) >= 11 is 9.27. The molecule has 1 aliphatic rings. The van der Waals surface area contributed by atoms with Gasteiger partial charge in [0.15, 0.2) is 0 Å². The van der Waals surface area contributed by atoms with E-state index in [0.29, 0.717) is 37.3 Å². The van der Waals surface area contributed by atoms with Crippen LogP contribution in [0.5, 0.6) is 0 Å². The number of carboxylic acid groups (broad SMARTS) is 1. The van der Waals surface area contributed by atoms with Crippen molar-refractivity contribution in [3.63, 3.8) is 0 Å². The van der Waals surface area contributed by atoms with Crippen molar-refractivity contribution in [3.8, 4) is 0 Å². The summed E-state index contributed by atoms with van der Waals surface area (Å²) in [6.07, 6.45) is 2.06. The molecular weight excluding hydrogens is 346 g/mol. The fourth-order valence-corrected chi connectivity index (χ4v) is 2.95. The van der Waals surface area contributed by atoms with Gasteiger partial charge in [0.25, 0.3) is 0 Å². The zero-order valence-corrected chi connectivity index (χ0v) is 13.2. The van der Waals surface area contributed by atoms with Gasteiger partial charge < -0.3 is 15.5 Å². The number of carboxylic acids is 1. The summed E-state index contributed by atoms with van der Waals surface area (Å²) in [5.41, 5.74) is 0.0352. The van der Waals surface area contributed by atoms with Crippen molar-refractivity contribution >= 4 is 39.2 Å². The number of anilines is 1. The molecule has 1 aromatic rings. The van der Waals surface area contributed by atoms with Crippen LogP contribution in [0.25, 0.3) is 0 Å². The Morgan fingerprint density at radius 2 is 2.10 bits per heavy atom. The van der Waals surface area contributed by atoms with E-state index in [4.69, 9.17) is 16.7 Å². The minimum atomic E-state index is -0.835. The van der Waals surface area contributed by atoms with E-state index in [2.05, 4.69) is 21.2 Å². The van der Waals surface area contributed by atoms with Crippen LogP contribution in [0.1, 0.15) is 25.7 Å². The molecule has 1 fully saturated rings. The van der Waals surface area contributed by atoms with Gasteiger partial charge in [0, 0.05) is 16.7 Å². The summed E-state index contributed by atoms with van der Waals surface area (Å²) in [6, 6.07) is 5.48. The maximum atomic E-state index is 10.9. The molecule has 110 valence electrons. The summed E-state index contributed by atoms with van der Waals surface area (Å²) in [7, 11) is 0. The van der Waals surface area contributed by atoms with Crippen molar-refractivity contribution in [2.75, 3.05) is 11.9 Å². The Morgan fingerprint density at radius 1 is 1.45 bits per heavy atom. The molecule has 0 radical (unpaired) electrons. The first-order valence-corrected chi connectivity index (χ1v) is 7.71. The molecule has 0 amide bonds. The largest absolute Gasteiger partial charge is 0.481 e. The van der Waals surface area contributed by atoms with Gasteiger partial charge in [0.05, 0.1) is 16.5 Å². The number of halogens is 2. The van der Waals surface area contributed by atoms with Gasteiger partial charge in [-0.2, -0.15) is 0 Å². The summed E-state index contributed by atoms with van der Waals surface area (Å²) < 4.78 is 0.797. The summed E-state index contributed by atoms with van der Waals surface area (Å²) in [4.78, 5) is 10.9. The molecule has 0 unspecified atom stereocenters. The van der Waals surface area contributed by atoms with E-state index in [0.717, 1.165) is 10.2 Å². The Hall–Kier alpha value is -0.780. The van der Waals surface area contributed by atoms with Gasteiger partial charge in [0.2, 0.25) is 0 Å². The van der Waals surface area contributed by atoms with Crippen LogP contribution in [-0.4, -0.2) is 28.3 Å². The Balaban J connectivity index is 1.90. The average Bonchev–Trinajstić information content (AvgIpc) is 2.41. The molecule has 6 heteroatoms. The van der Waals surface area contributed by atoms with Gasteiger partial charge in [-0.15, -0.1) is 0 Å². The van der Waals surface area contributed by atoms with Gasteiger partial charge in [-0.05, 0) is 59.8 Å². The number of rotatable bonds is 4. The van der Waals surface area contributed by atoms with Crippen LogP contribution >= 0.6 is 27.5 Å². The molecule has 2 rings (SSSR count). The van der Waals surface area contributed by atoms with E-state index >= 15 is 0 Å². The van der Waals surface area contributed by atoms with Crippen molar-refractivity contribution in [2.24, 2.45) is 5.92 Å². The van der Waals surface area contributed by atoms with Gasteiger partial charge in [-0.1, -0.05) is 11.6 Å². The number of nitrogens with one attached hydrogen (secondary N) is 1. The lowest BCUT2D eigenvalue weighted by molar-refractivity contribution is -0.144. The molecule has 0 atom stereocenters. The topological polar surface area (TPSA) is 69.6 Å². The van der Waals surface area contributed by atoms with Gasteiger partial charge in [-0.25, -0.2) is 0 Å². The van der Waals surface area contributed by atoms with E-state index in [1.807, 2.05) is 12.1 Å². The summed E-state index contributed by atoms with van der Waals surface area (Å²) in [5.74, 6) is -1.08. The van der Waals surface area contributed by atoms with E-state index in [1.54, 1.807) is 6.07 Å². The first kappa shape index (κ1) is 15.6. The van der Waals surface area contributed by atoms with Crippen molar-refractivity contribution in [2.45, 2.75) is 31.3 Å². The minimum absolute atomic E-state index is 0.319. The third-order valence-corrected chi connectivity index (χ3v) is 5.02. The van der Waals surface area contributed by atoms with Crippen molar-refractivity contribution in [3.05, 3.63) is 27.7 Å². The Morgan fingerprint density at radius 3 is 2.65 bits per heavy atom. The molecular formula is C14H17BrClNO3. The molecule has 1 saturated carbocycles. The Bertz CT molecular complexity index is 501. The van der Waals surface area contributed by atoms with E-state index in [1.165, 1.54) is 0 Å². The number of hydrogen-bond donors (Lipinski definition) is 3. The van der Waals surface area contributed by atoms with Gasteiger partial charge in [-0.3, -0.25) is 4.79 Å². The second kappa shape index (κ2) is 6.33. The van der Waals surface area contributed by atoms with Crippen LogP contribution < -0.4 is 5.32 Å². The highest BCUT2D eigenvalue weighted by molar-refractivity contribution is 9.10. The van der Waals surface area contributed by atoms with Crippen LogP contribution in [0.15, 0.2) is 22.7 Å². The highest BCUT2D eigenvalue weighted by Gasteiger charge is 2.35. The molecule has 0 aromatic heterocycles. The van der Waals surface area contributed by atoms with Gasteiger partial charge >= 0.3 is 5.97 Å². The lowest BCUT2D eigenvalue weighted by Gasteiger charge is -2.35. The third-order valence-electron chi connectivity index (χ3n) is 3.81. The van der Waals surface area contributed by atoms with Gasteiger partial charge in [0.1, 0.15) is 0 Å². The number of benzene rings is 1. The number of hydrogen-bond acceptors (Lipinski definition) is 3. The standard InChI is InChI=1S/C14H17BrClNO3/c15-11-7-10(1-2-12(11)16)17-8-14(20)5-3-9(4-6-14)13(18)19/h1-2,7,9,17,20H,3-6,8H2,(H,18,19). The molecule has 0 spiro atoms. The van der Waals surface area contributed by atoms with Crippen LogP contribution in [0.4, 0.5) is 5.69 Å². The number of carbonyl (C=O) groups is 1. The number of aliphatic carboxylic acids is 1. The molecule has 1 aliphatic carbocycles. The SMILES string of the molecule is O=C(O)C1CCC(O)(CNc2ccc(Cl)c(Br)c2)CC1. The average molecular weight is 363 g/mol. The van der Waals surface area contributed by atoms with Crippen LogP contribution in [0, 0.1) is 5.92 Å². The predicted molar refractivity (Wildman–Crippen MR) is 82.2 cm³/mol. The van der Waals surface area contributed by atoms with Crippen molar-refractivity contribution in [1.82, 2.24) is 0 Å². The minimum Gasteiger partial charge on any atom is -0.481 e. The van der Waals surface area contributed by atoms with E-state index in [9.17, 15) is 9.90 Å². The first-order chi connectivity index (χ1) is 9.39. The first-order valence-electron chi connectivity index (χ1n) is 6.54. The number of aliphatic hydroxyl groups is 1. The molecule has 0 aliphatic heterocycles. The lowest BCUT2D eigenvalue weighted by Crippen LogP contribution is -2.41. The summed E-state index contributed by atoms with van der Waals surface area (Å²) in [6.45, 7) is 0.410. The predicted octanol–water partition coefficient (Wildman–Crippen LogP) is 3.52. The maximum absolute atomic E-state index is 10.9. The molecule has 0 bridgehead atoms. The van der Waals surface area contributed by atoms with E-state index < -0.39 is 11.6 Å². The normalized spacial score (nSPS) is 26.2. The smallest absolute Gasteiger partial charge is 0.306 e. The molecule has 4 nitrogen and oxygen atoms in total. The van der Waals surface area contributed by atoms with Crippen molar-refractivity contribution in [1.29, 1.82) is 0 Å². The molecule has 20 heavy (non-hydrogen) atoms. The van der Waals surface area contributed by atoms with Crippen molar-refractivity contribution < 1.29 is 15.0 Å². The van der Waals surface area contributed by atoms with Crippen LogP contribution in [0.3, 0.4) is 0 Å². The fraction of sp³-hybridized carbons (Fsp3) is 0.500. The second-order valence-corrected chi connectivity index (χ2v) is 6.58. The van der Waals surface area contributed by atoms with E-state index in [-0.39, 0.29) is 5.92 Å². The molecule has 0 saturated heterocycles. The molecule has 3 N–H and O–H groups in total. The molecule has 1 aromatic carbocycles. The third kappa shape index (κ3) is 3.87. The quantitative estimate of drug-likeness (QED) is 0.766. The second-order valence-electron chi connectivity index (χ2n) is 5.32. The Kier molecular flexibility index (Phi) is 4.94. The lowest BCUT2D eigenvalue weighted by atomic mass is 9.79. The zero-order valence-electron chi connectivity index (χ0n) is 10.9. The monoisotopic (exact) mass is 361 g/mol. The fourth-order valence-electron chi connectivity index (χ4n) is 2.45. The molecule has 0 heterocycles. The summed E-state index contributed by atoms with van der Waals surface area (Å²) in [5, 5.41) is 23.2. The highest BCUT2D eigenvalue weighted by atomic mass is 79.9. The zero-order chi connectivity index (χ0) is 14.8. The highest BCUT2D eigenvalue weighted by Crippen LogP contribution is 2.33.